The molecule has 0 aliphatic carbocycles. The van der Waals surface area contributed by atoms with Gasteiger partial charge in [0.2, 0.25) is 0 Å². The van der Waals surface area contributed by atoms with Crippen molar-refractivity contribution in [3.05, 3.63) is 102 Å². The minimum atomic E-state index is -0.373. The number of ether oxygens (including phenoxy) is 1. The largest absolute Gasteiger partial charge is 0.484 e. The minimum Gasteiger partial charge on any atom is -0.484 e. The van der Waals surface area contributed by atoms with Gasteiger partial charge in [-0.15, -0.1) is 0 Å². The van der Waals surface area contributed by atoms with Gasteiger partial charge < -0.3 is 10.1 Å². The molecule has 3 aromatic rings. The maximum absolute atomic E-state index is 12.9. The van der Waals surface area contributed by atoms with Crippen LogP contribution in [0.1, 0.15) is 15.9 Å². The second-order valence-electron chi connectivity index (χ2n) is 5.98. The first kappa shape index (κ1) is 19.0. The van der Waals surface area contributed by atoms with Crippen LogP contribution in [0.4, 0.5) is 10.1 Å². The van der Waals surface area contributed by atoms with Crippen LogP contribution in [0.2, 0.25) is 0 Å². The van der Waals surface area contributed by atoms with Crippen LogP contribution in [0.5, 0.6) is 5.75 Å². The Kier molecular flexibility index (Phi) is 6.31. The second-order valence-corrected chi connectivity index (χ2v) is 5.98. The second kappa shape index (κ2) is 9.28. The number of allylic oxidation sites excluding steroid dienone is 1. The average molecular weight is 375 g/mol. The minimum absolute atomic E-state index is 0.121. The van der Waals surface area contributed by atoms with Crippen LogP contribution in [0, 0.1) is 5.82 Å². The van der Waals surface area contributed by atoms with E-state index in [-0.39, 0.29) is 24.1 Å². The lowest BCUT2D eigenvalue weighted by Gasteiger charge is -2.08. The highest BCUT2D eigenvalue weighted by Gasteiger charge is 2.06. The molecule has 0 bridgehead atoms. The summed E-state index contributed by atoms with van der Waals surface area (Å²) in [6, 6.07) is 21.6. The molecule has 0 radical (unpaired) electrons. The highest BCUT2D eigenvalue weighted by atomic mass is 19.1. The SMILES string of the molecule is O=C(COc1ccc(C(=O)/C=C/c2ccccc2)cc1)Nc1ccc(F)cc1. The zero-order valence-corrected chi connectivity index (χ0v) is 15.0. The van der Waals surface area contributed by atoms with E-state index >= 15 is 0 Å². The number of hydrogen-bond donors (Lipinski definition) is 1. The molecule has 0 fully saturated rings. The normalized spacial score (nSPS) is 10.6. The quantitative estimate of drug-likeness (QED) is 0.479. The number of nitrogens with one attached hydrogen (secondary N) is 1. The van der Waals surface area contributed by atoms with Gasteiger partial charge in [-0.3, -0.25) is 9.59 Å². The molecular weight excluding hydrogens is 357 g/mol. The van der Waals surface area contributed by atoms with Crippen LogP contribution in [0.15, 0.2) is 84.9 Å². The van der Waals surface area contributed by atoms with Crippen molar-refractivity contribution in [3.63, 3.8) is 0 Å². The summed E-state index contributed by atoms with van der Waals surface area (Å²) in [4.78, 5) is 24.1. The van der Waals surface area contributed by atoms with Crippen LogP contribution in [-0.4, -0.2) is 18.3 Å². The van der Waals surface area contributed by atoms with Gasteiger partial charge in [0.05, 0.1) is 0 Å². The zero-order valence-electron chi connectivity index (χ0n) is 15.0. The number of anilines is 1. The number of carbonyl (C=O) groups excluding carboxylic acids is 2. The van der Waals surface area contributed by atoms with E-state index in [0.717, 1.165) is 5.56 Å². The Morgan fingerprint density at radius 1 is 0.893 bits per heavy atom. The molecule has 0 heterocycles. The Bertz CT molecular complexity index is 965. The van der Waals surface area contributed by atoms with Crippen molar-refractivity contribution in [2.75, 3.05) is 11.9 Å². The zero-order chi connectivity index (χ0) is 19.8. The van der Waals surface area contributed by atoms with Gasteiger partial charge in [0, 0.05) is 11.3 Å². The fraction of sp³-hybridized carbons (Fsp3) is 0.0435. The molecule has 5 heteroatoms. The van der Waals surface area contributed by atoms with Gasteiger partial charge in [-0.1, -0.05) is 36.4 Å². The van der Waals surface area contributed by atoms with Crippen molar-refractivity contribution >= 4 is 23.5 Å². The maximum atomic E-state index is 12.9. The molecular formula is C23H18FNO3. The van der Waals surface area contributed by atoms with E-state index in [2.05, 4.69) is 5.32 Å². The number of carbonyl (C=O) groups is 2. The summed E-state index contributed by atoms with van der Waals surface area (Å²) < 4.78 is 18.3. The molecule has 1 N–H and O–H groups in total. The summed E-state index contributed by atoms with van der Waals surface area (Å²) in [5, 5.41) is 2.61. The summed E-state index contributed by atoms with van der Waals surface area (Å²) >= 11 is 0. The number of rotatable bonds is 7. The molecule has 0 saturated carbocycles. The van der Waals surface area contributed by atoms with Crippen molar-refractivity contribution in [3.8, 4) is 5.75 Å². The van der Waals surface area contributed by atoms with Crippen LogP contribution < -0.4 is 10.1 Å². The fourth-order valence-corrected chi connectivity index (χ4v) is 2.43. The molecule has 3 rings (SSSR count). The van der Waals surface area contributed by atoms with E-state index in [9.17, 15) is 14.0 Å². The standard InChI is InChI=1S/C23H18FNO3/c24-19-9-11-20(12-10-19)25-23(27)16-28-21-13-7-18(8-14-21)22(26)15-6-17-4-2-1-3-5-17/h1-15H,16H2,(H,25,27)/b15-6+. The number of ketones is 1. The third-order valence-corrected chi connectivity index (χ3v) is 3.86. The van der Waals surface area contributed by atoms with Gasteiger partial charge >= 0.3 is 0 Å². The van der Waals surface area contributed by atoms with E-state index in [0.29, 0.717) is 17.0 Å². The molecule has 0 aliphatic heterocycles. The summed E-state index contributed by atoms with van der Waals surface area (Å²) in [5.41, 5.74) is 1.96. The van der Waals surface area contributed by atoms with E-state index < -0.39 is 0 Å². The highest BCUT2D eigenvalue weighted by molar-refractivity contribution is 6.06. The summed E-state index contributed by atoms with van der Waals surface area (Å²) in [7, 11) is 0. The molecule has 0 aromatic heterocycles. The molecule has 140 valence electrons. The number of halogens is 1. The van der Waals surface area contributed by atoms with Crippen molar-refractivity contribution in [1.82, 2.24) is 0 Å². The molecule has 0 unspecified atom stereocenters. The maximum Gasteiger partial charge on any atom is 0.262 e. The number of hydrogen-bond acceptors (Lipinski definition) is 3. The molecule has 4 nitrogen and oxygen atoms in total. The Hall–Kier alpha value is -3.73. The smallest absolute Gasteiger partial charge is 0.262 e. The first-order chi connectivity index (χ1) is 13.6. The Morgan fingerprint density at radius 3 is 2.25 bits per heavy atom. The van der Waals surface area contributed by atoms with Crippen molar-refractivity contribution in [1.29, 1.82) is 0 Å². The average Bonchev–Trinajstić information content (AvgIpc) is 2.73. The number of amides is 1. The van der Waals surface area contributed by atoms with E-state index in [1.165, 1.54) is 30.3 Å². The highest BCUT2D eigenvalue weighted by Crippen LogP contribution is 2.14. The Labute approximate surface area is 162 Å². The van der Waals surface area contributed by atoms with E-state index in [1.54, 1.807) is 30.3 Å². The van der Waals surface area contributed by atoms with Gasteiger partial charge in [-0.05, 0) is 60.2 Å². The number of benzene rings is 3. The van der Waals surface area contributed by atoms with Crippen molar-refractivity contribution in [2.24, 2.45) is 0 Å². The van der Waals surface area contributed by atoms with Gasteiger partial charge in [0.25, 0.3) is 5.91 Å². The fourth-order valence-electron chi connectivity index (χ4n) is 2.43. The lowest BCUT2D eigenvalue weighted by atomic mass is 10.1. The molecule has 28 heavy (non-hydrogen) atoms. The van der Waals surface area contributed by atoms with Crippen molar-refractivity contribution < 1.29 is 18.7 Å². The topological polar surface area (TPSA) is 55.4 Å². The lowest BCUT2D eigenvalue weighted by Crippen LogP contribution is -2.20. The van der Waals surface area contributed by atoms with Gasteiger partial charge in [0.1, 0.15) is 11.6 Å². The predicted octanol–water partition coefficient (Wildman–Crippen LogP) is 4.74. The molecule has 0 spiro atoms. The summed E-state index contributed by atoms with van der Waals surface area (Å²) in [6.07, 6.45) is 3.27. The predicted molar refractivity (Wildman–Crippen MR) is 107 cm³/mol. The first-order valence-corrected chi connectivity index (χ1v) is 8.66. The molecule has 3 aromatic carbocycles. The van der Waals surface area contributed by atoms with Gasteiger partial charge in [-0.2, -0.15) is 0 Å². The van der Waals surface area contributed by atoms with Crippen molar-refractivity contribution in [2.45, 2.75) is 0 Å². The summed E-state index contributed by atoms with van der Waals surface area (Å²) in [5.74, 6) is -0.387. The van der Waals surface area contributed by atoms with Crippen LogP contribution in [0.3, 0.4) is 0 Å². The van der Waals surface area contributed by atoms with Crippen LogP contribution in [-0.2, 0) is 4.79 Å². The van der Waals surface area contributed by atoms with Crippen LogP contribution >= 0.6 is 0 Å². The van der Waals surface area contributed by atoms with Crippen LogP contribution in [0.25, 0.3) is 6.08 Å². The molecule has 0 saturated heterocycles. The molecule has 0 atom stereocenters. The third kappa shape index (κ3) is 5.64. The lowest BCUT2D eigenvalue weighted by molar-refractivity contribution is -0.118. The molecule has 0 aliphatic rings. The van der Waals surface area contributed by atoms with E-state index in [1.807, 2.05) is 30.3 Å². The molecule has 1 amide bonds. The van der Waals surface area contributed by atoms with E-state index in [4.69, 9.17) is 4.74 Å². The third-order valence-electron chi connectivity index (χ3n) is 3.86. The Balaban J connectivity index is 1.51. The summed E-state index contributed by atoms with van der Waals surface area (Å²) in [6.45, 7) is -0.196. The monoisotopic (exact) mass is 375 g/mol. The first-order valence-electron chi connectivity index (χ1n) is 8.66. The van der Waals surface area contributed by atoms with Gasteiger partial charge in [0.15, 0.2) is 12.4 Å². The van der Waals surface area contributed by atoms with Gasteiger partial charge in [-0.25, -0.2) is 4.39 Å². The Morgan fingerprint density at radius 2 is 1.57 bits per heavy atom.